The molecule has 2 amide bonds. The SMILES string of the molecule is CN1CCN(C(=O)Nc2cc(F)c(Br)cc2F)CC1. The van der Waals surface area contributed by atoms with Gasteiger partial charge in [0.25, 0.3) is 0 Å². The van der Waals surface area contributed by atoms with E-state index in [9.17, 15) is 13.6 Å². The lowest BCUT2D eigenvalue weighted by Crippen LogP contribution is -2.48. The summed E-state index contributed by atoms with van der Waals surface area (Å²) < 4.78 is 26.9. The van der Waals surface area contributed by atoms with Crippen molar-refractivity contribution in [2.45, 2.75) is 0 Å². The molecule has 0 aromatic heterocycles. The van der Waals surface area contributed by atoms with Crippen molar-refractivity contribution in [1.82, 2.24) is 9.80 Å². The van der Waals surface area contributed by atoms with Gasteiger partial charge in [0, 0.05) is 32.2 Å². The molecule has 4 nitrogen and oxygen atoms in total. The summed E-state index contributed by atoms with van der Waals surface area (Å²) in [5.41, 5.74) is -0.148. The largest absolute Gasteiger partial charge is 0.322 e. The molecular weight excluding hydrogens is 320 g/mol. The molecule has 1 N–H and O–H groups in total. The second-order valence-electron chi connectivity index (χ2n) is 4.47. The van der Waals surface area contributed by atoms with E-state index in [-0.39, 0.29) is 10.2 Å². The molecule has 1 fully saturated rings. The second-order valence-corrected chi connectivity index (χ2v) is 5.32. The van der Waals surface area contributed by atoms with Crippen LogP contribution in [0.5, 0.6) is 0 Å². The van der Waals surface area contributed by atoms with Gasteiger partial charge >= 0.3 is 6.03 Å². The first-order chi connectivity index (χ1) is 8.97. The number of nitrogens with zero attached hydrogens (tertiary/aromatic N) is 2. The van der Waals surface area contributed by atoms with Crippen LogP contribution in [0.1, 0.15) is 0 Å². The van der Waals surface area contributed by atoms with Crippen LogP contribution in [0.3, 0.4) is 0 Å². The van der Waals surface area contributed by atoms with E-state index in [4.69, 9.17) is 0 Å². The van der Waals surface area contributed by atoms with E-state index in [1.54, 1.807) is 4.90 Å². The third-order valence-electron chi connectivity index (χ3n) is 3.04. The van der Waals surface area contributed by atoms with Crippen molar-refractivity contribution in [1.29, 1.82) is 0 Å². The number of carbonyl (C=O) groups is 1. The van der Waals surface area contributed by atoms with Crippen molar-refractivity contribution < 1.29 is 13.6 Å². The van der Waals surface area contributed by atoms with E-state index < -0.39 is 17.7 Å². The van der Waals surface area contributed by atoms with Crippen LogP contribution in [0.4, 0.5) is 19.3 Å². The Labute approximate surface area is 118 Å². The molecule has 2 rings (SSSR count). The Hall–Kier alpha value is -1.21. The highest BCUT2D eigenvalue weighted by molar-refractivity contribution is 9.10. The lowest BCUT2D eigenvalue weighted by molar-refractivity contribution is 0.164. The maximum absolute atomic E-state index is 13.6. The standard InChI is InChI=1S/C12H14BrF2N3O/c1-17-2-4-18(5-3-17)12(19)16-11-7-9(14)8(13)6-10(11)15/h6-7H,2-5H2,1H3,(H,16,19). The first-order valence-electron chi connectivity index (χ1n) is 5.86. The molecule has 0 bridgehead atoms. The van der Waals surface area contributed by atoms with Crippen LogP contribution >= 0.6 is 15.9 Å². The fraction of sp³-hybridized carbons (Fsp3) is 0.417. The Bertz CT molecular complexity index is 490. The predicted molar refractivity (Wildman–Crippen MR) is 72.1 cm³/mol. The molecule has 0 atom stereocenters. The van der Waals surface area contributed by atoms with Gasteiger partial charge in [0.1, 0.15) is 11.6 Å². The lowest BCUT2D eigenvalue weighted by Gasteiger charge is -2.32. The highest BCUT2D eigenvalue weighted by Crippen LogP contribution is 2.23. The number of rotatable bonds is 1. The Morgan fingerprint density at radius 3 is 2.47 bits per heavy atom. The summed E-state index contributed by atoms with van der Waals surface area (Å²) in [5, 5.41) is 2.40. The maximum Gasteiger partial charge on any atom is 0.322 e. The summed E-state index contributed by atoms with van der Waals surface area (Å²) in [4.78, 5) is 15.6. The summed E-state index contributed by atoms with van der Waals surface area (Å²) in [5.74, 6) is -1.29. The topological polar surface area (TPSA) is 35.6 Å². The van der Waals surface area contributed by atoms with Gasteiger partial charge < -0.3 is 15.1 Å². The van der Waals surface area contributed by atoms with Gasteiger partial charge in [0.05, 0.1) is 10.2 Å². The summed E-state index contributed by atoms with van der Waals surface area (Å²) in [7, 11) is 1.97. The van der Waals surface area contributed by atoms with E-state index in [1.807, 2.05) is 7.05 Å². The Morgan fingerprint density at radius 1 is 1.21 bits per heavy atom. The Kier molecular flexibility index (Phi) is 4.36. The highest BCUT2D eigenvalue weighted by Gasteiger charge is 2.20. The normalized spacial score (nSPS) is 16.5. The van der Waals surface area contributed by atoms with Crippen molar-refractivity contribution >= 4 is 27.6 Å². The van der Waals surface area contributed by atoms with Gasteiger partial charge in [-0.1, -0.05) is 0 Å². The number of hydrogen-bond acceptors (Lipinski definition) is 2. The molecule has 0 aliphatic carbocycles. The van der Waals surface area contributed by atoms with Crippen LogP contribution in [-0.4, -0.2) is 49.1 Å². The number of benzene rings is 1. The maximum atomic E-state index is 13.6. The van der Waals surface area contributed by atoms with E-state index in [0.717, 1.165) is 25.2 Å². The van der Waals surface area contributed by atoms with Crippen molar-refractivity contribution in [2.75, 3.05) is 38.5 Å². The Balaban J connectivity index is 2.05. The van der Waals surface area contributed by atoms with Crippen molar-refractivity contribution in [3.05, 3.63) is 28.2 Å². The van der Waals surface area contributed by atoms with Crippen molar-refractivity contribution in [2.24, 2.45) is 0 Å². The number of nitrogens with one attached hydrogen (secondary N) is 1. The molecule has 1 aromatic carbocycles. The Morgan fingerprint density at radius 2 is 1.84 bits per heavy atom. The molecule has 0 unspecified atom stereocenters. The zero-order valence-corrected chi connectivity index (χ0v) is 12.0. The highest BCUT2D eigenvalue weighted by atomic mass is 79.9. The number of anilines is 1. The predicted octanol–water partition coefficient (Wildman–Crippen LogP) is 2.51. The van der Waals surface area contributed by atoms with E-state index in [2.05, 4.69) is 26.1 Å². The molecule has 1 aliphatic rings. The van der Waals surface area contributed by atoms with Crippen LogP contribution in [0.25, 0.3) is 0 Å². The monoisotopic (exact) mass is 333 g/mol. The summed E-state index contributed by atoms with van der Waals surface area (Å²) >= 11 is 2.89. The number of hydrogen-bond donors (Lipinski definition) is 1. The van der Waals surface area contributed by atoms with Gasteiger partial charge in [-0.25, -0.2) is 13.6 Å². The number of amides is 2. The van der Waals surface area contributed by atoms with Gasteiger partial charge in [-0.2, -0.15) is 0 Å². The molecule has 0 saturated carbocycles. The molecule has 1 saturated heterocycles. The molecule has 1 aromatic rings. The third kappa shape index (κ3) is 3.42. The van der Waals surface area contributed by atoms with Crippen molar-refractivity contribution in [3.63, 3.8) is 0 Å². The second kappa shape index (κ2) is 5.83. The van der Waals surface area contributed by atoms with Gasteiger partial charge in [-0.05, 0) is 29.0 Å². The molecule has 7 heteroatoms. The van der Waals surface area contributed by atoms with E-state index in [0.29, 0.717) is 13.1 Å². The third-order valence-corrected chi connectivity index (χ3v) is 3.65. The number of halogens is 3. The summed E-state index contributed by atoms with van der Waals surface area (Å²) in [6.45, 7) is 2.68. The number of likely N-dealkylation sites (N-methyl/N-ethyl adjacent to an activating group) is 1. The van der Waals surface area contributed by atoms with Crippen LogP contribution in [0, 0.1) is 11.6 Å². The fourth-order valence-corrected chi connectivity index (χ4v) is 2.14. The number of piperazine rings is 1. The first-order valence-corrected chi connectivity index (χ1v) is 6.65. The average molecular weight is 334 g/mol. The zero-order chi connectivity index (χ0) is 14.0. The molecule has 1 aliphatic heterocycles. The average Bonchev–Trinajstić information content (AvgIpc) is 2.36. The molecule has 19 heavy (non-hydrogen) atoms. The minimum Gasteiger partial charge on any atom is -0.322 e. The number of urea groups is 1. The molecule has 0 spiro atoms. The van der Waals surface area contributed by atoms with Crippen molar-refractivity contribution in [3.8, 4) is 0 Å². The van der Waals surface area contributed by atoms with Crippen LogP contribution < -0.4 is 5.32 Å². The zero-order valence-electron chi connectivity index (χ0n) is 10.4. The minimum absolute atomic E-state index is 0.0302. The smallest absolute Gasteiger partial charge is 0.322 e. The first kappa shape index (κ1) is 14.2. The number of carbonyl (C=O) groups excluding carboxylic acids is 1. The van der Waals surface area contributed by atoms with E-state index >= 15 is 0 Å². The van der Waals surface area contributed by atoms with Gasteiger partial charge in [0.15, 0.2) is 0 Å². The van der Waals surface area contributed by atoms with Gasteiger partial charge in [-0.3, -0.25) is 0 Å². The summed E-state index contributed by atoms with van der Waals surface area (Å²) in [6.07, 6.45) is 0. The van der Waals surface area contributed by atoms with E-state index in [1.165, 1.54) is 0 Å². The molecule has 1 heterocycles. The van der Waals surface area contributed by atoms with Crippen LogP contribution in [0.2, 0.25) is 0 Å². The lowest BCUT2D eigenvalue weighted by atomic mass is 10.3. The van der Waals surface area contributed by atoms with Gasteiger partial charge in [-0.15, -0.1) is 0 Å². The van der Waals surface area contributed by atoms with Crippen LogP contribution in [0.15, 0.2) is 16.6 Å². The minimum atomic E-state index is -0.671. The van der Waals surface area contributed by atoms with Gasteiger partial charge in [0.2, 0.25) is 0 Å². The quantitative estimate of drug-likeness (QED) is 0.801. The summed E-state index contributed by atoms with van der Waals surface area (Å²) in [6, 6.07) is 1.55. The molecule has 104 valence electrons. The molecule has 0 radical (unpaired) electrons. The van der Waals surface area contributed by atoms with Crippen LogP contribution in [-0.2, 0) is 0 Å². The fourth-order valence-electron chi connectivity index (χ4n) is 1.82. The molecular formula is C12H14BrF2N3O.